The van der Waals surface area contributed by atoms with Crippen molar-refractivity contribution in [1.82, 2.24) is 14.5 Å². The molecule has 0 atom stereocenters. The lowest BCUT2D eigenvalue weighted by Gasteiger charge is -2.09. The second kappa shape index (κ2) is 7.40. The van der Waals surface area contributed by atoms with Gasteiger partial charge in [0.15, 0.2) is 10.8 Å². The van der Waals surface area contributed by atoms with E-state index in [4.69, 9.17) is 21.3 Å². The predicted molar refractivity (Wildman–Crippen MR) is 106 cm³/mol. The molecule has 0 radical (unpaired) electrons. The molecule has 2 aromatic heterocycles. The zero-order valence-corrected chi connectivity index (χ0v) is 15.7. The van der Waals surface area contributed by atoms with E-state index < -0.39 is 0 Å². The maximum absolute atomic E-state index is 5.97. The molecule has 0 aliphatic carbocycles. The van der Waals surface area contributed by atoms with Crippen LogP contribution >= 0.6 is 23.4 Å². The van der Waals surface area contributed by atoms with Crippen molar-refractivity contribution in [2.75, 3.05) is 7.11 Å². The van der Waals surface area contributed by atoms with Gasteiger partial charge >= 0.3 is 0 Å². The average Bonchev–Trinajstić information content (AvgIpc) is 3.06. The first-order valence-corrected chi connectivity index (χ1v) is 9.46. The van der Waals surface area contributed by atoms with E-state index in [2.05, 4.69) is 9.55 Å². The van der Waals surface area contributed by atoms with Gasteiger partial charge in [0.2, 0.25) is 0 Å². The SMILES string of the molecule is COc1ccc(-n2c(SCc3ccc(Cl)cc3)nc3cccnc32)cc1. The van der Waals surface area contributed by atoms with E-state index in [9.17, 15) is 0 Å². The number of hydrogen-bond acceptors (Lipinski definition) is 4. The number of thioether (sulfide) groups is 1. The lowest BCUT2D eigenvalue weighted by molar-refractivity contribution is 0.414. The average molecular weight is 382 g/mol. The highest BCUT2D eigenvalue weighted by Crippen LogP contribution is 2.30. The first-order valence-electron chi connectivity index (χ1n) is 8.10. The van der Waals surface area contributed by atoms with Gasteiger partial charge in [0, 0.05) is 22.7 Å². The highest BCUT2D eigenvalue weighted by Gasteiger charge is 2.14. The lowest BCUT2D eigenvalue weighted by atomic mass is 10.2. The molecule has 0 aliphatic rings. The molecule has 0 bridgehead atoms. The lowest BCUT2D eigenvalue weighted by Crippen LogP contribution is -1.98. The number of pyridine rings is 1. The highest BCUT2D eigenvalue weighted by atomic mass is 35.5. The van der Waals surface area contributed by atoms with Crippen LogP contribution in [-0.4, -0.2) is 21.6 Å². The number of imidazole rings is 1. The van der Waals surface area contributed by atoms with E-state index in [-0.39, 0.29) is 0 Å². The normalized spacial score (nSPS) is 11.0. The molecule has 0 spiro atoms. The van der Waals surface area contributed by atoms with Crippen LogP contribution in [0.2, 0.25) is 5.02 Å². The number of fused-ring (bicyclic) bond motifs is 1. The maximum atomic E-state index is 5.97. The van der Waals surface area contributed by atoms with Crippen molar-refractivity contribution in [3.05, 3.63) is 77.4 Å². The van der Waals surface area contributed by atoms with Crippen LogP contribution in [0.4, 0.5) is 0 Å². The van der Waals surface area contributed by atoms with Crippen LogP contribution in [0, 0.1) is 0 Å². The van der Waals surface area contributed by atoms with Gasteiger partial charge in [0.1, 0.15) is 11.3 Å². The first-order chi connectivity index (χ1) is 12.7. The number of benzene rings is 2. The predicted octanol–water partition coefficient (Wildman–Crippen LogP) is 5.37. The highest BCUT2D eigenvalue weighted by molar-refractivity contribution is 7.98. The fourth-order valence-corrected chi connectivity index (χ4v) is 3.78. The van der Waals surface area contributed by atoms with Crippen molar-refractivity contribution in [2.24, 2.45) is 0 Å². The van der Waals surface area contributed by atoms with Crippen LogP contribution in [0.25, 0.3) is 16.9 Å². The second-order valence-electron chi connectivity index (χ2n) is 5.69. The van der Waals surface area contributed by atoms with Gasteiger partial charge in [-0.15, -0.1) is 0 Å². The Morgan fingerprint density at radius 2 is 1.81 bits per heavy atom. The fraction of sp³-hybridized carbons (Fsp3) is 0.100. The summed E-state index contributed by atoms with van der Waals surface area (Å²) in [6.45, 7) is 0. The monoisotopic (exact) mass is 381 g/mol. The van der Waals surface area contributed by atoms with Crippen LogP contribution in [0.1, 0.15) is 5.56 Å². The molecule has 0 fully saturated rings. The summed E-state index contributed by atoms with van der Waals surface area (Å²) in [5.74, 6) is 1.62. The summed E-state index contributed by atoms with van der Waals surface area (Å²) >= 11 is 7.64. The van der Waals surface area contributed by atoms with Gasteiger partial charge in [-0.3, -0.25) is 4.57 Å². The minimum Gasteiger partial charge on any atom is -0.497 e. The molecule has 0 saturated carbocycles. The molecule has 26 heavy (non-hydrogen) atoms. The Hall–Kier alpha value is -2.50. The zero-order chi connectivity index (χ0) is 17.9. The number of nitrogens with zero attached hydrogens (tertiary/aromatic N) is 3. The van der Waals surface area contributed by atoms with E-state index >= 15 is 0 Å². The number of ether oxygens (including phenoxy) is 1. The van der Waals surface area contributed by atoms with Gasteiger partial charge in [-0.1, -0.05) is 35.5 Å². The van der Waals surface area contributed by atoms with E-state index in [1.54, 1.807) is 25.1 Å². The quantitative estimate of drug-likeness (QED) is 0.435. The third-order valence-corrected chi connectivity index (χ3v) is 5.26. The third-order valence-electron chi connectivity index (χ3n) is 4.00. The van der Waals surface area contributed by atoms with E-state index in [1.165, 1.54) is 5.56 Å². The van der Waals surface area contributed by atoms with Crippen molar-refractivity contribution < 1.29 is 4.74 Å². The number of rotatable bonds is 5. The third kappa shape index (κ3) is 3.41. The number of aromatic nitrogens is 3. The molecular weight excluding hydrogens is 366 g/mol. The molecule has 2 heterocycles. The molecular formula is C20H16ClN3OS. The van der Waals surface area contributed by atoms with Gasteiger partial charge < -0.3 is 4.74 Å². The Labute approximate surface area is 160 Å². The molecule has 4 aromatic rings. The van der Waals surface area contributed by atoms with Crippen LogP contribution in [0.15, 0.2) is 72.0 Å². The van der Waals surface area contributed by atoms with Crippen LogP contribution in [0.5, 0.6) is 5.75 Å². The van der Waals surface area contributed by atoms with E-state index in [1.807, 2.05) is 60.7 Å². The van der Waals surface area contributed by atoms with Crippen LogP contribution < -0.4 is 4.74 Å². The molecule has 0 aliphatic heterocycles. The summed E-state index contributed by atoms with van der Waals surface area (Å²) < 4.78 is 7.34. The van der Waals surface area contributed by atoms with Crippen molar-refractivity contribution in [2.45, 2.75) is 10.9 Å². The number of halogens is 1. The van der Waals surface area contributed by atoms with Gasteiger partial charge in [-0.2, -0.15) is 0 Å². The van der Waals surface area contributed by atoms with Gasteiger partial charge in [0.25, 0.3) is 0 Å². The number of hydrogen-bond donors (Lipinski definition) is 0. The molecule has 0 unspecified atom stereocenters. The summed E-state index contributed by atoms with van der Waals surface area (Å²) in [4.78, 5) is 9.30. The topological polar surface area (TPSA) is 39.9 Å². The Morgan fingerprint density at radius 3 is 2.54 bits per heavy atom. The minimum absolute atomic E-state index is 0.744. The molecule has 0 saturated heterocycles. The molecule has 0 N–H and O–H groups in total. The Balaban J connectivity index is 1.72. The Morgan fingerprint density at radius 1 is 1.04 bits per heavy atom. The van der Waals surface area contributed by atoms with Crippen molar-refractivity contribution >= 4 is 34.5 Å². The summed E-state index contributed by atoms with van der Waals surface area (Å²) in [5, 5.41) is 1.65. The van der Waals surface area contributed by atoms with E-state index in [0.717, 1.165) is 38.5 Å². The molecule has 2 aromatic carbocycles. The largest absolute Gasteiger partial charge is 0.497 e. The van der Waals surface area contributed by atoms with Crippen molar-refractivity contribution in [3.8, 4) is 11.4 Å². The standard InChI is InChI=1S/C20H16ClN3OS/c1-25-17-10-8-16(9-11-17)24-19-18(3-2-12-22-19)23-20(24)26-13-14-4-6-15(21)7-5-14/h2-12H,13H2,1H3. The van der Waals surface area contributed by atoms with Gasteiger partial charge in [-0.05, 0) is 54.1 Å². The smallest absolute Gasteiger partial charge is 0.175 e. The van der Waals surface area contributed by atoms with Crippen molar-refractivity contribution in [3.63, 3.8) is 0 Å². The second-order valence-corrected chi connectivity index (χ2v) is 7.07. The molecule has 4 nitrogen and oxygen atoms in total. The summed E-state index contributed by atoms with van der Waals surface area (Å²) in [6.07, 6.45) is 1.79. The fourth-order valence-electron chi connectivity index (χ4n) is 2.68. The number of methoxy groups -OCH3 is 1. The summed E-state index contributed by atoms with van der Waals surface area (Å²) in [7, 11) is 1.66. The summed E-state index contributed by atoms with van der Waals surface area (Å²) in [6, 6.07) is 19.7. The first kappa shape index (κ1) is 16.9. The molecule has 6 heteroatoms. The van der Waals surface area contributed by atoms with Gasteiger partial charge in [0.05, 0.1) is 7.11 Å². The van der Waals surface area contributed by atoms with E-state index in [0.29, 0.717) is 0 Å². The molecule has 0 amide bonds. The zero-order valence-electron chi connectivity index (χ0n) is 14.1. The Kier molecular flexibility index (Phi) is 4.82. The minimum atomic E-state index is 0.744. The van der Waals surface area contributed by atoms with Gasteiger partial charge in [-0.25, -0.2) is 9.97 Å². The molecule has 130 valence electrons. The van der Waals surface area contributed by atoms with Crippen LogP contribution in [-0.2, 0) is 5.75 Å². The Bertz CT molecular complexity index is 1030. The van der Waals surface area contributed by atoms with Crippen LogP contribution in [0.3, 0.4) is 0 Å². The molecule has 4 rings (SSSR count). The maximum Gasteiger partial charge on any atom is 0.175 e. The summed E-state index contributed by atoms with van der Waals surface area (Å²) in [5.41, 5.74) is 3.92. The van der Waals surface area contributed by atoms with Crippen molar-refractivity contribution in [1.29, 1.82) is 0 Å².